The van der Waals surface area contributed by atoms with Gasteiger partial charge in [-0.25, -0.2) is 8.42 Å². The summed E-state index contributed by atoms with van der Waals surface area (Å²) in [5.41, 5.74) is 1.43. The lowest BCUT2D eigenvalue weighted by Gasteiger charge is -2.25. The number of carbonyl (C=O) groups is 1. The standard InChI is InChI=1S/C24H30N2O5S/c1-24(2)16-26(23(27)17-7-8-17)22-10-9-20(13-21(22)24)32(28,29)25(14-18-5-3-11-30-18)15-19-6-4-12-31-19/h3,5,9-11,13,17,19H,4,6-8,12,14-16H2,1-2H3/t19-/m0/s1. The predicted molar refractivity (Wildman–Crippen MR) is 120 cm³/mol. The summed E-state index contributed by atoms with van der Waals surface area (Å²) in [6.07, 6.45) is 5.12. The maximum atomic E-state index is 13.7. The second kappa shape index (κ2) is 8.01. The molecule has 1 aromatic carbocycles. The Hall–Kier alpha value is -2.16. The molecule has 8 heteroatoms. The minimum Gasteiger partial charge on any atom is -0.468 e. The van der Waals surface area contributed by atoms with Crippen molar-refractivity contribution >= 4 is 21.6 Å². The fraction of sp³-hybridized carbons (Fsp3) is 0.542. The number of nitrogens with zero attached hydrogens (tertiary/aromatic N) is 2. The molecule has 1 aliphatic carbocycles. The molecule has 5 rings (SSSR count). The molecule has 3 aliphatic rings. The number of hydrogen-bond acceptors (Lipinski definition) is 5. The van der Waals surface area contributed by atoms with Gasteiger partial charge in [-0.05, 0) is 61.6 Å². The van der Waals surface area contributed by atoms with E-state index in [1.807, 2.05) is 4.90 Å². The molecule has 2 aromatic rings. The Morgan fingerprint density at radius 1 is 1.22 bits per heavy atom. The average molecular weight is 459 g/mol. The first kappa shape index (κ1) is 21.7. The van der Waals surface area contributed by atoms with Crippen LogP contribution >= 0.6 is 0 Å². The second-order valence-electron chi connectivity index (χ2n) is 9.77. The van der Waals surface area contributed by atoms with Gasteiger partial charge in [0, 0.05) is 36.7 Å². The number of anilines is 1. The van der Waals surface area contributed by atoms with Crippen molar-refractivity contribution in [1.29, 1.82) is 0 Å². The van der Waals surface area contributed by atoms with Crippen LogP contribution in [-0.4, -0.2) is 44.4 Å². The van der Waals surface area contributed by atoms with E-state index in [-0.39, 0.29) is 41.3 Å². The zero-order valence-corrected chi connectivity index (χ0v) is 19.4. The number of fused-ring (bicyclic) bond motifs is 1. The summed E-state index contributed by atoms with van der Waals surface area (Å²) in [7, 11) is -3.79. The largest absolute Gasteiger partial charge is 0.468 e. The number of hydrogen-bond donors (Lipinski definition) is 0. The number of rotatable bonds is 7. The van der Waals surface area contributed by atoms with E-state index in [4.69, 9.17) is 9.15 Å². The highest BCUT2D eigenvalue weighted by Gasteiger charge is 2.43. The first-order valence-corrected chi connectivity index (χ1v) is 12.8. The summed E-state index contributed by atoms with van der Waals surface area (Å²) in [4.78, 5) is 14.9. The molecule has 1 saturated heterocycles. The summed E-state index contributed by atoms with van der Waals surface area (Å²) < 4.78 is 40.1. The fourth-order valence-electron chi connectivity index (χ4n) is 4.75. The maximum Gasteiger partial charge on any atom is 0.243 e. The molecule has 0 unspecified atom stereocenters. The van der Waals surface area contributed by atoms with Gasteiger partial charge >= 0.3 is 0 Å². The van der Waals surface area contributed by atoms with E-state index in [2.05, 4.69) is 13.8 Å². The van der Waals surface area contributed by atoms with Crippen LogP contribution in [0.3, 0.4) is 0 Å². The van der Waals surface area contributed by atoms with Crippen LogP contribution in [0, 0.1) is 5.92 Å². The Kier molecular flexibility index (Phi) is 5.42. The van der Waals surface area contributed by atoms with Crippen LogP contribution in [0.2, 0.25) is 0 Å². The van der Waals surface area contributed by atoms with E-state index in [0.29, 0.717) is 18.9 Å². The summed E-state index contributed by atoms with van der Waals surface area (Å²) >= 11 is 0. The van der Waals surface area contributed by atoms with Crippen LogP contribution in [0.5, 0.6) is 0 Å². The van der Waals surface area contributed by atoms with E-state index >= 15 is 0 Å². The summed E-state index contributed by atoms with van der Waals surface area (Å²) in [6.45, 7) is 5.81. The fourth-order valence-corrected chi connectivity index (χ4v) is 6.22. The minimum atomic E-state index is -3.79. The van der Waals surface area contributed by atoms with Crippen LogP contribution < -0.4 is 4.90 Å². The van der Waals surface area contributed by atoms with E-state index in [9.17, 15) is 13.2 Å². The number of furan rings is 1. The van der Waals surface area contributed by atoms with Crippen LogP contribution in [0.25, 0.3) is 0 Å². The third kappa shape index (κ3) is 4.00. The molecule has 0 bridgehead atoms. The number of benzene rings is 1. The first-order valence-electron chi connectivity index (χ1n) is 11.4. The van der Waals surface area contributed by atoms with E-state index in [1.54, 1.807) is 36.6 Å². The molecule has 0 spiro atoms. The summed E-state index contributed by atoms with van der Waals surface area (Å²) in [5, 5.41) is 0. The quantitative estimate of drug-likeness (QED) is 0.632. The molecule has 1 saturated carbocycles. The van der Waals surface area contributed by atoms with Crippen LogP contribution in [0.15, 0.2) is 45.9 Å². The Balaban J connectivity index is 1.48. The van der Waals surface area contributed by atoms with E-state index < -0.39 is 10.0 Å². The van der Waals surface area contributed by atoms with Crippen molar-refractivity contribution < 1.29 is 22.4 Å². The molecule has 0 N–H and O–H groups in total. The van der Waals surface area contributed by atoms with Crippen LogP contribution in [0.1, 0.15) is 50.9 Å². The van der Waals surface area contributed by atoms with Crippen molar-refractivity contribution in [3.63, 3.8) is 0 Å². The van der Waals surface area contributed by atoms with Gasteiger partial charge in [0.05, 0.1) is 23.8 Å². The van der Waals surface area contributed by atoms with Gasteiger partial charge in [0.15, 0.2) is 0 Å². The van der Waals surface area contributed by atoms with Gasteiger partial charge < -0.3 is 14.1 Å². The first-order chi connectivity index (χ1) is 15.3. The molecule has 172 valence electrons. The van der Waals surface area contributed by atoms with E-state index in [0.717, 1.165) is 36.9 Å². The topological polar surface area (TPSA) is 80.1 Å². The van der Waals surface area contributed by atoms with Crippen molar-refractivity contribution in [2.24, 2.45) is 5.92 Å². The summed E-state index contributed by atoms with van der Waals surface area (Å²) in [6, 6.07) is 8.73. The van der Waals surface area contributed by atoms with Gasteiger partial charge in [0.25, 0.3) is 0 Å². The third-order valence-corrected chi connectivity index (χ3v) is 8.52. The van der Waals surface area contributed by atoms with Crippen molar-refractivity contribution in [3.05, 3.63) is 47.9 Å². The molecule has 2 fully saturated rings. The highest BCUT2D eigenvalue weighted by molar-refractivity contribution is 7.89. The third-order valence-electron chi connectivity index (χ3n) is 6.72. The van der Waals surface area contributed by atoms with Gasteiger partial charge in [0.2, 0.25) is 15.9 Å². The monoisotopic (exact) mass is 458 g/mol. The molecule has 1 atom stereocenters. The normalized spacial score (nSPS) is 22.5. The Morgan fingerprint density at radius 2 is 2.03 bits per heavy atom. The lowest BCUT2D eigenvalue weighted by atomic mass is 9.87. The van der Waals surface area contributed by atoms with Crippen LogP contribution in [-0.2, 0) is 31.5 Å². The molecule has 1 aromatic heterocycles. The minimum absolute atomic E-state index is 0.114. The molecule has 0 radical (unpaired) electrons. The number of ether oxygens (including phenoxy) is 1. The zero-order valence-electron chi connectivity index (χ0n) is 18.6. The highest BCUT2D eigenvalue weighted by Crippen LogP contribution is 2.44. The Labute approximate surface area is 189 Å². The second-order valence-corrected chi connectivity index (χ2v) is 11.7. The van der Waals surface area contributed by atoms with Crippen molar-refractivity contribution in [1.82, 2.24) is 4.31 Å². The SMILES string of the molecule is CC1(C)CN(C(=O)C2CC2)c2ccc(S(=O)(=O)N(Cc3ccco3)C[C@@H]3CCCO3)cc21. The van der Waals surface area contributed by atoms with E-state index in [1.165, 1.54) is 4.31 Å². The smallest absolute Gasteiger partial charge is 0.243 e. The molecular weight excluding hydrogens is 428 g/mol. The van der Waals surface area contributed by atoms with Crippen molar-refractivity contribution in [2.45, 2.75) is 62.5 Å². The molecule has 2 aliphatic heterocycles. The summed E-state index contributed by atoms with van der Waals surface area (Å²) in [5.74, 6) is 0.870. The molecule has 1 amide bonds. The average Bonchev–Trinajstić information content (AvgIpc) is 3.13. The number of amides is 1. The van der Waals surface area contributed by atoms with Gasteiger partial charge in [-0.15, -0.1) is 0 Å². The Bertz CT molecular complexity index is 1100. The van der Waals surface area contributed by atoms with Gasteiger partial charge in [-0.1, -0.05) is 13.8 Å². The Morgan fingerprint density at radius 3 is 2.69 bits per heavy atom. The maximum absolute atomic E-state index is 13.7. The van der Waals surface area contributed by atoms with Gasteiger partial charge in [-0.2, -0.15) is 4.31 Å². The molecular formula is C24H30N2O5S. The number of carbonyl (C=O) groups excluding carboxylic acids is 1. The van der Waals surface area contributed by atoms with Crippen molar-refractivity contribution in [3.8, 4) is 0 Å². The molecule has 7 nitrogen and oxygen atoms in total. The zero-order chi connectivity index (χ0) is 22.5. The van der Waals surface area contributed by atoms with Gasteiger partial charge in [0.1, 0.15) is 5.76 Å². The van der Waals surface area contributed by atoms with Gasteiger partial charge in [-0.3, -0.25) is 4.79 Å². The lowest BCUT2D eigenvalue weighted by Crippen LogP contribution is -2.37. The van der Waals surface area contributed by atoms with Crippen LogP contribution in [0.4, 0.5) is 5.69 Å². The van der Waals surface area contributed by atoms with Crippen molar-refractivity contribution in [2.75, 3.05) is 24.6 Å². The molecule has 3 heterocycles. The lowest BCUT2D eigenvalue weighted by molar-refractivity contribution is -0.119. The number of sulfonamides is 1. The predicted octanol–water partition coefficient (Wildman–Crippen LogP) is 3.68. The highest BCUT2D eigenvalue weighted by atomic mass is 32.2. The molecule has 32 heavy (non-hydrogen) atoms.